The number of aromatic hydroxyl groups is 1. The molecule has 0 saturated carbocycles. The summed E-state index contributed by atoms with van der Waals surface area (Å²) < 4.78 is 0. The molecule has 1 nitrogen and oxygen atoms in total. The standard InChI is InChI=1S/C15H16O/c1-2-6-12-7-5-8-13(11-12)14-9-3-4-10-15(14)16/h3-5,7-11,16H,2,6H2,1H3. The van der Waals surface area contributed by atoms with Crippen LogP contribution in [0.1, 0.15) is 18.9 Å². The van der Waals surface area contributed by atoms with Crippen LogP contribution in [-0.2, 0) is 6.42 Å². The summed E-state index contributed by atoms with van der Waals surface area (Å²) in [6.07, 6.45) is 2.23. The van der Waals surface area contributed by atoms with Crippen LogP contribution in [0.2, 0.25) is 0 Å². The van der Waals surface area contributed by atoms with E-state index in [1.807, 2.05) is 30.3 Å². The van der Waals surface area contributed by atoms with Crippen LogP contribution in [0.4, 0.5) is 0 Å². The molecule has 16 heavy (non-hydrogen) atoms. The fraction of sp³-hybridized carbons (Fsp3) is 0.200. The Morgan fingerprint density at radius 3 is 2.56 bits per heavy atom. The van der Waals surface area contributed by atoms with Gasteiger partial charge in [0.05, 0.1) is 0 Å². The average Bonchev–Trinajstić information content (AvgIpc) is 2.30. The van der Waals surface area contributed by atoms with Crippen LogP contribution < -0.4 is 0 Å². The van der Waals surface area contributed by atoms with Crippen molar-refractivity contribution in [1.82, 2.24) is 0 Å². The van der Waals surface area contributed by atoms with Gasteiger partial charge in [-0.15, -0.1) is 0 Å². The number of phenols is 1. The average molecular weight is 212 g/mol. The predicted molar refractivity (Wildman–Crippen MR) is 67.5 cm³/mol. The van der Waals surface area contributed by atoms with Crippen LogP contribution in [-0.4, -0.2) is 5.11 Å². The molecule has 0 aliphatic heterocycles. The summed E-state index contributed by atoms with van der Waals surface area (Å²) in [4.78, 5) is 0. The van der Waals surface area contributed by atoms with Crippen molar-refractivity contribution in [1.29, 1.82) is 0 Å². The number of benzene rings is 2. The highest BCUT2D eigenvalue weighted by Gasteiger charge is 2.03. The molecule has 0 unspecified atom stereocenters. The van der Waals surface area contributed by atoms with E-state index in [0.29, 0.717) is 5.75 Å². The van der Waals surface area contributed by atoms with Gasteiger partial charge in [0.25, 0.3) is 0 Å². The molecule has 1 N–H and O–H groups in total. The van der Waals surface area contributed by atoms with Gasteiger partial charge in [0.2, 0.25) is 0 Å². The normalized spacial score (nSPS) is 10.3. The van der Waals surface area contributed by atoms with Crippen molar-refractivity contribution < 1.29 is 5.11 Å². The third-order valence-corrected chi connectivity index (χ3v) is 2.68. The van der Waals surface area contributed by atoms with Crippen molar-refractivity contribution >= 4 is 0 Å². The van der Waals surface area contributed by atoms with E-state index in [1.54, 1.807) is 6.07 Å². The maximum Gasteiger partial charge on any atom is 0.123 e. The number of rotatable bonds is 3. The van der Waals surface area contributed by atoms with Gasteiger partial charge in [-0.1, -0.05) is 55.8 Å². The van der Waals surface area contributed by atoms with Crippen LogP contribution in [0.5, 0.6) is 5.75 Å². The molecule has 0 aromatic heterocycles. The first-order valence-corrected chi connectivity index (χ1v) is 5.68. The molecule has 0 bridgehead atoms. The van der Waals surface area contributed by atoms with Gasteiger partial charge < -0.3 is 5.11 Å². The minimum atomic E-state index is 0.344. The van der Waals surface area contributed by atoms with Crippen molar-refractivity contribution in [3.05, 3.63) is 54.1 Å². The van der Waals surface area contributed by atoms with Crippen molar-refractivity contribution in [3.8, 4) is 16.9 Å². The van der Waals surface area contributed by atoms with E-state index >= 15 is 0 Å². The van der Waals surface area contributed by atoms with E-state index in [0.717, 1.165) is 24.0 Å². The molecule has 0 aliphatic rings. The minimum absolute atomic E-state index is 0.344. The van der Waals surface area contributed by atoms with Crippen LogP contribution in [0.15, 0.2) is 48.5 Å². The molecule has 2 rings (SSSR count). The van der Waals surface area contributed by atoms with E-state index < -0.39 is 0 Å². The summed E-state index contributed by atoms with van der Waals surface area (Å²) in [5, 5.41) is 9.78. The molecule has 0 saturated heterocycles. The second kappa shape index (κ2) is 4.84. The van der Waals surface area contributed by atoms with Crippen molar-refractivity contribution in [3.63, 3.8) is 0 Å². The van der Waals surface area contributed by atoms with Gasteiger partial charge in [-0.05, 0) is 23.6 Å². The number of hydrogen-bond donors (Lipinski definition) is 1. The maximum atomic E-state index is 9.78. The maximum absolute atomic E-state index is 9.78. The first-order valence-electron chi connectivity index (χ1n) is 5.68. The molecular weight excluding hydrogens is 196 g/mol. The van der Waals surface area contributed by atoms with Crippen LogP contribution in [0.25, 0.3) is 11.1 Å². The summed E-state index contributed by atoms with van der Waals surface area (Å²) in [5.74, 6) is 0.344. The van der Waals surface area contributed by atoms with Gasteiger partial charge in [0, 0.05) is 5.56 Å². The summed E-state index contributed by atoms with van der Waals surface area (Å²) in [6, 6.07) is 15.8. The molecule has 0 amide bonds. The van der Waals surface area contributed by atoms with Gasteiger partial charge in [0.1, 0.15) is 5.75 Å². The summed E-state index contributed by atoms with van der Waals surface area (Å²) in [5.41, 5.74) is 3.31. The van der Waals surface area contributed by atoms with E-state index in [9.17, 15) is 5.11 Å². The molecule has 0 aliphatic carbocycles. The highest BCUT2D eigenvalue weighted by molar-refractivity contribution is 5.70. The van der Waals surface area contributed by atoms with Crippen LogP contribution in [0, 0.1) is 0 Å². The molecule has 0 heterocycles. The second-order valence-electron chi connectivity index (χ2n) is 3.97. The van der Waals surface area contributed by atoms with Gasteiger partial charge in [-0.25, -0.2) is 0 Å². The molecule has 0 spiro atoms. The Balaban J connectivity index is 2.40. The lowest BCUT2D eigenvalue weighted by atomic mass is 10.0. The van der Waals surface area contributed by atoms with Gasteiger partial charge in [0.15, 0.2) is 0 Å². The molecule has 2 aromatic carbocycles. The number of aryl methyl sites for hydroxylation is 1. The zero-order valence-electron chi connectivity index (χ0n) is 9.48. The van der Waals surface area contributed by atoms with E-state index in [-0.39, 0.29) is 0 Å². The number of hydrogen-bond acceptors (Lipinski definition) is 1. The Bertz CT molecular complexity index is 474. The Morgan fingerprint density at radius 1 is 1.00 bits per heavy atom. The van der Waals surface area contributed by atoms with Crippen molar-refractivity contribution in [2.24, 2.45) is 0 Å². The van der Waals surface area contributed by atoms with Crippen molar-refractivity contribution in [2.45, 2.75) is 19.8 Å². The Morgan fingerprint density at radius 2 is 1.81 bits per heavy atom. The molecule has 1 heteroatoms. The number of para-hydroxylation sites is 1. The van der Waals surface area contributed by atoms with Gasteiger partial charge >= 0.3 is 0 Å². The lowest BCUT2D eigenvalue weighted by Gasteiger charge is -2.06. The van der Waals surface area contributed by atoms with E-state index in [2.05, 4.69) is 19.1 Å². The summed E-state index contributed by atoms with van der Waals surface area (Å²) in [7, 11) is 0. The first kappa shape index (κ1) is 10.7. The number of phenolic OH excluding ortho intramolecular Hbond substituents is 1. The fourth-order valence-electron chi connectivity index (χ4n) is 1.90. The monoisotopic (exact) mass is 212 g/mol. The Labute approximate surface area is 96.4 Å². The third kappa shape index (κ3) is 2.25. The lowest BCUT2D eigenvalue weighted by molar-refractivity contribution is 0.477. The van der Waals surface area contributed by atoms with E-state index in [4.69, 9.17) is 0 Å². The third-order valence-electron chi connectivity index (χ3n) is 2.68. The SMILES string of the molecule is CCCc1cccc(-c2ccccc2O)c1. The minimum Gasteiger partial charge on any atom is -0.507 e. The fourth-order valence-corrected chi connectivity index (χ4v) is 1.90. The van der Waals surface area contributed by atoms with Crippen LogP contribution in [0.3, 0.4) is 0 Å². The summed E-state index contributed by atoms with van der Waals surface area (Å²) in [6.45, 7) is 2.17. The highest BCUT2D eigenvalue weighted by atomic mass is 16.3. The predicted octanol–water partition coefficient (Wildman–Crippen LogP) is 4.01. The quantitative estimate of drug-likeness (QED) is 0.815. The zero-order valence-corrected chi connectivity index (χ0v) is 9.48. The van der Waals surface area contributed by atoms with Crippen LogP contribution >= 0.6 is 0 Å². The Kier molecular flexibility index (Phi) is 3.25. The second-order valence-corrected chi connectivity index (χ2v) is 3.97. The lowest BCUT2D eigenvalue weighted by Crippen LogP contribution is -1.85. The molecule has 82 valence electrons. The largest absolute Gasteiger partial charge is 0.507 e. The highest BCUT2D eigenvalue weighted by Crippen LogP contribution is 2.29. The van der Waals surface area contributed by atoms with Crippen molar-refractivity contribution in [2.75, 3.05) is 0 Å². The van der Waals surface area contributed by atoms with Gasteiger partial charge in [-0.3, -0.25) is 0 Å². The van der Waals surface area contributed by atoms with E-state index in [1.165, 1.54) is 5.56 Å². The zero-order chi connectivity index (χ0) is 11.4. The molecular formula is C15H16O. The first-order chi connectivity index (χ1) is 7.81. The molecule has 2 aromatic rings. The molecule has 0 fully saturated rings. The topological polar surface area (TPSA) is 20.2 Å². The molecule has 0 atom stereocenters. The Hall–Kier alpha value is -1.76. The van der Waals surface area contributed by atoms with Gasteiger partial charge in [-0.2, -0.15) is 0 Å². The molecule has 0 radical (unpaired) electrons. The summed E-state index contributed by atoms with van der Waals surface area (Å²) >= 11 is 0. The smallest absolute Gasteiger partial charge is 0.123 e.